The Morgan fingerprint density at radius 2 is 2.00 bits per heavy atom. The number of carbonyl (C=O) groups excluding carboxylic acids is 1. The average Bonchev–Trinajstić information content (AvgIpc) is 2.60. The van der Waals surface area contributed by atoms with Gasteiger partial charge in [0, 0.05) is 24.2 Å². The molecule has 0 fully saturated rings. The van der Waals surface area contributed by atoms with E-state index in [1.54, 1.807) is 17.0 Å². The van der Waals surface area contributed by atoms with Crippen LogP contribution in [0.25, 0.3) is 0 Å². The van der Waals surface area contributed by atoms with E-state index >= 15 is 0 Å². The maximum Gasteiger partial charge on any atom is 0.273 e. The van der Waals surface area contributed by atoms with E-state index in [9.17, 15) is 14.9 Å². The summed E-state index contributed by atoms with van der Waals surface area (Å²) < 4.78 is 5.81. The fourth-order valence-corrected chi connectivity index (χ4v) is 2.73. The number of non-ortho nitro benzene ring substituents is 1. The first-order valence-electron chi connectivity index (χ1n) is 7.56. The van der Waals surface area contributed by atoms with Crippen molar-refractivity contribution in [1.82, 2.24) is 0 Å². The van der Waals surface area contributed by atoms with Gasteiger partial charge in [-0.25, -0.2) is 0 Å². The lowest BCUT2D eigenvalue weighted by Crippen LogP contribution is -2.48. The Labute approximate surface area is 138 Å². The quantitative estimate of drug-likeness (QED) is 0.687. The number of rotatable bonds is 4. The van der Waals surface area contributed by atoms with E-state index in [1.165, 1.54) is 18.2 Å². The van der Waals surface area contributed by atoms with Gasteiger partial charge in [-0.15, -0.1) is 0 Å². The molecule has 1 aliphatic heterocycles. The first-order valence-corrected chi connectivity index (χ1v) is 7.56. The van der Waals surface area contributed by atoms with Crippen LogP contribution in [-0.2, 0) is 4.79 Å². The van der Waals surface area contributed by atoms with Gasteiger partial charge < -0.3 is 15.4 Å². The Morgan fingerprint density at radius 3 is 2.62 bits per heavy atom. The summed E-state index contributed by atoms with van der Waals surface area (Å²) in [5, 5.41) is 11.0. The van der Waals surface area contributed by atoms with Gasteiger partial charge in [0.15, 0.2) is 5.75 Å². The molecule has 1 amide bonds. The van der Waals surface area contributed by atoms with Gasteiger partial charge in [-0.05, 0) is 13.0 Å². The summed E-state index contributed by atoms with van der Waals surface area (Å²) >= 11 is 0. The summed E-state index contributed by atoms with van der Waals surface area (Å²) in [6.45, 7) is 2.10. The van der Waals surface area contributed by atoms with E-state index in [0.717, 1.165) is 0 Å². The van der Waals surface area contributed by atoms with E-state index in [2.05, 4.69) is 0 Å². The van der Waals surface area contributed by atoms with Crippen molar-refractivity contribution in [2.75, 3.05) is 11.4 Å². The van der Waals surface area contributed by atoms with Crippen molar-refractivity contribution in [3.8, 4) is 5.75 Å². The number of benzene rings is 2. The number of hydrogen-bond acceptors (Lipinski definition) is 5. The zero-order valence-corrected chi connectivity index (χ0v) is 13.1. The van der Waals surface area contributed by atoms with Crippen molar-refractivity contribution in [1.29, 1.82) is 0 Å². The lowest BCUT2D eigenvalue weighted by atomic mass is 10.0. The number of nitro groups is 1. The molecule has 0 saturated carbocycles. The molecule has 0 saturated heterocycles. The van der Waals surface area contributed by atoms with Crippen LogP contribution in [0.15, 0.2) is 48.5 Å². The summed E-state index contributed by atoms with van der Waals surface area (Å²) in [6, 6.07) is 13.0. The maximum atomic E-state index is 12.9. The Hall–Kier alpha value is -2.93. The minimum Gasteiger partial charge on any atom is -0.473 e. The summed E-state index contributed by atoms with van der Waals surface area (Å²) in [6.07, 6.45) is -0.852. The van der Waals surface area contributed by atoms with E-state index < -0.39 is 11.0 Å². The van der Waals surface area contributed by atoms with Crippen LogP contribution in [0.1, 0.15) is 18.6 Å². The normalized spacial score (nSPS) is 17.8. The van der Waals surface area contributed by atoms with Crippen LogP contribution in [0, 0.1) is 10.1 Å². The number of hydrogen-bond donors (Lipinski definition) is 1. The molecule has 1 heterocycles. The minimum absolute atomic E-state index is 0.0877. The van der Waals surface area contributed by atoms with Crippen LogP contribution in [0.2, 0.25) is 0 Å². The van der Waals surface area contributed by atoms with E-state index in [4.69, 9.17) is 10.5 Å². The molecule has 0 aliphatic carbocycles. The Bertz CT molecular complexity index is 779. The minimum atomic E-state index is -0.852. The highest BCUT2D eigenvalue weighted by Gasteiger charge is 2.38. The Morgan fingerprint density at radius 1 is 1.29 bits per heavy atom. The highest BCUT2D eigenvalue weighted by Crippen LogP contribution is 2.41. The van der Waals surface area contributed by atoms with Crippen molar-refractivity contribution in [2.24, 2.45) is 5.73 Å². The molecule has 2 aromatic carbocycles. The van der Waals surface area contributed by atoms with Crippen LogP contribution >= 0.6 is 0 Å². The molecule has 2 unspecified atom stereocenters. The number of nitrogens with two attached hydrogens (primary N) is 1. The van der Waals surface area contributed by atoms with Crippen molar-refractivity contribution < 1.29 is 14.5 Å². The Balaban J connectivity index is 2.10. The molecule has 0 spiro atoms. The molecule has 0 bridgehead atoms. The highest BCUT2D eigenvalue weighted by atomic mass is 16.6. The second-order valence-electron chi connectivity index (χ2n) is 5.61. The number of nitro benzene ring substituents is 1. The first-order chi connectivity index (χ1) is 11.5. The maximum absolute atomic E-state index is 12.9. The summed E-state index contributed by atoms with van der Waals surface area (Å²) in [4.78, 5) is 25.0. The van der Waals surface area contributed by atoms with Crippen molar-refractivity contribution >= 4 is 17.3 Å². The molecule has 7 nitrogen and oxygen atoms in total. The van der Waals surface area contributed by atoms with E-state index in [-0.39, 0.29) is 24.2 Å². The average molecular weight is 327 g/mol. The first kappa shape index (κ1) is 15.9. The third-order valence-electron chi connectivity index (χ3n) is 4.00. The lowest BCUT2D eigenvalue weighted by molar-refractivity contribution is -0.384. The van der Waals surface area contributed by atoms with Gasteiger partial charge in [-0.2, -0.15) is 0 Å². The second kappa shape index (κ2) is 6.29. The van der Waals surface area contributed by atoms with Gasteiger partial charge in [0.2, 0.25) is 6.10 Å². The summed E-state index contributed by atoms with van der Waals surface area (Å²) in [5.74, 6) is 0.0680. The molecule has 0 aromatic heterocycles. The number of fused-ring (bicyclic) bond motifs is 1. The summed E-state index contributed by atoms with van der Waals surface area (Å²) in [7, 11) is 0. The van der Waals surface area contributed by atoms with Crippen molar-refractivity contribution in [3.63, 3.8) is 0 Å². The zero-order chi connectivity index (χ0) is 17.3. The molecule has 1 aliphatic rings. The van der Waals surface area contributed by atoms with Gasteiger partial charge in [0.1, 0.15) is 0 Å². The lowest BCUT2D eigenvalue weighted by Gasteiger charge is -2.37. The Kier molecular flexibility index (Phi) is 4.18. The standard InChI is InChI=1S/C17H17N3O4/c1-11(10-18)19-14-8-7-13(20(22)23)9-15(14)24-16(17(19)21)12-5-3-2-4-6-12/h2-9,11,16H,10,18H2,1H3. The third-order valence-corrected chi connectivity index (χ3v) is 4.00. The zero-order valence-electron chi connectivity index (χ0n) is 13.1. The smallest absolute Gasteiger partial charge is 0.273 e. The SMILES string of the molecule is CC(CN)N1C(=O)C(c2ccccc2)Oc2cc([N+](=O)[O-])ccc21. The molecule has 2 atom stereocenters. The number of anilines is 1. The fraction of sp³-hybridized carbons (Fsp3) is 0.235. The van der Waals surface area contributed by atoms with Gasteiger partial charge in [-0.1, -0.05) is 30.3 Å². The predicted octanol–water partition coefficient (Wildman–Crippen LogP) is 2.41. The highest BCUT2D eigenvalue weighted by molar-refractivity contribution is 6.01. The summed E-state index contributed by atoms with van der Waals surface area (Å²) in [5.41, 5.74) is 6.84. The van der Waals surface area contributed by atoms with Crippen LogP contribution in [-0.4, -0.2) is 23.4 Å². The molecule has 3 rings (SSSR count). The second-order valence-corrected chi connectivity index (χ2v) is 5.61. The number of carbonyl (C=O) groups is 1. The van der Waals surface area contributed by atoms with Crippen molar-refractivity contribution in [2.45, 2.75) is 19.1 Å². The number of amides is 1. The van der Waals surface area contributed by atoms with Gasteiger partial charge in [-0.3, -0.25) is 14.9 Å². The van der Waals surface area contributed by atoms with E-state index in [0.29, 0.717) is 17.0 Å². The molecule has 2 N–H and O–H groups in total. The third kappa shape index (κ3) is 2.69. The monoisotopic (exact) mass is 327 g/mol. The molecule has 0 radical (unpaired) electrons. The van der Waals surface area contributed by atoms with Gasteiger partial charge in [0.05, 0.1) is 16.7 Å². The van der Waals surface area contributed by atoms with Crippen molar-refractivity contribution in [3.05, 3.63) is 64.2 Å². The van der Waals surface area contributed by atoms with Crippen LogP contribution in [0.3, 0.4) is 0 Å². The molecular weight excluding hydrogens is 310 g/mol. The molecular formula is C17H17N3O4. The molecule has 7 heteroatoms. The number of nitrogens with zero attached hydrogens (tertiary/aromatic N) is 2. The fourth-order valence-electron chi connectivity index (χ4n) is 2.73. The topological polar surface area (TPSA) is 98.7 Å². The largest absolute Gasteiger partial charge is 0.473 e. The number of ether oxygens (including phenoxy) is 1. The van der Waals surface area contributed by atoms with Crippen LogP contribution < -0.4 is 15.4 Å². The molecule has 124 valence electrons. The van der Waals surface area contributed by atoms with Gasteiger partial charge >= 0.3 is 0 Å². The van der Waals surface area contributed by atoms with Crippen LogP contribution in [0.5, 0.6) is 5.75 Å². The van der Waals surface area contributed by atoms with Gasteiger partial charge in [0.25, 0.3) is 11.6 Å². The molecule has 24 heavy (non-hydrogen) atoms. The van der Waals surface area contributed by atoms with E-state index in [1.807, 2.05) is 25.1 Å². The predicted molar refractivity (Wildman–Crippen MR) is 88.9 cm³/mol. The van der Waals surface area contributed by atoms with Crippen LogP contribution in [0.4, 0.5) is 11.4 Å². The molecule has 2 aromatic rings.